The Morgan fingerprint density at radius 3 is 1.75 bits per heavy atom. The fourth-order valence-electron chi connectivity index (χ4n) is 3.69. The summed E-state index contributed by atoms with van der Waals surface area (Å²) in [6.07, 6.45) is 15.6. The smallest absolute Gasteiger partial charge is 0.239 e. The first kappa shape index (κ1) is 24.7. The summed E-state index contributed by atoms with van der Waals surface area (Å²) in [5.74, 6) is 0.131. The van der Waals surface area contributed by atoms with Gasteiger partial charge < -0.3 is 10.6 Å². The van der Waals surface area contributed by atoms with Crippen LogP contribution in [0.2, 0.25) is 0 Å². The molecule has 0 heterocycles. The van der Waals surface area contributed by atoms with Crippen LogP contribution in [0.1, 0.15) is 96.5 Å². The van der Waals surface area contributed by atoms with Crippen LogP contribution in [0, 0.1) is 0 Å². The Kier molecular flexibility index (Phi) is 14.6. The first-order valence-electron chi connectivity index (χ1n) is 11.8. The highest BCUT2D eigenvalue weighted by molar-refractivity contribution is 5.82. The fourth-order valence-corrected chi connectivity index (χ4v) is 3.69. The number of nitrogens with two attached hydrogens (primary N) is 1. The Morgan fingerprint density at radius 2 is 1.25 bits per heavy atom. The highest BCUT2D eigenvalue weighted by Crippen LogP contribution is 2.11. The van der Waals surface area contributed by atoms with Gasteiger partial charge in [-0.15, -0.1) is 0 Å². The van der Waals surface area contributed by atoms with Gasteiger partial charge in [0.1, 0.15) is 0 Å². The van der Waals surface area contributed by atoms with Gasteiger partial charge in [0.05, 0.1) is 6.04 Å². The average Bonchev–Trinajstić information content (AvgIpc) is 2.71. The molecular weight excluding hydrogens is 344 g/mol. The molecule has 2 N–H and O–H groups in total. The number of unbranched alkanes of at least 4 members (excludes halogenated alkanes) is 10. The van der Waals surface area contributed by atoms with E-state index in [1.54, 1.807) is 0 Å². The first-order valence-corrected chi connectivity index (χ1v) is 11.8. The second-order valence-corrected chi connectivity index (χ2v) is 8.16. The molecule has 0 aliphatic carbocycles. The minimum Gasteiger partial charge on any atom is -0.341 e. The van der Waals surface area contributed by atoms with Gasteiger partial charge in [-0.05, 0) is 24.8 Å². The fraction of sp³-hybridized carbons (Fsp3) is 0.720. The van der Waals surface area contributed by atoms with Gasteiger partial charge in [0.15, 0.2) is 0 Å². The van der Waals surface area contributed by atoms with E-state index < -0.39 is 6.04 Å². The summed E-state index contributed by atoms with van der Waals surface area (Å²) in [6.45, 7) is 6.22. The van der Waals surface area contributed by atoms with E-state index >= 15 is 0 Å². The van der Waals surface area contributed by atoms with Gasteiger partial charge in [-0.2, -0.15) is 0 Å². The Hall–Kier alpha value is -1.35. The van der Waals surface area contributed by atoms with Gasteiger partial charge >= 0.3 is 0 Å². The zero-order valence-corrected chi connectivity index (χ0v) is 18.5. The van der Waals surface area contributed by atoms with E-state index in [0.717, 1.165) is 31.5 Å². The van der Waals surface area contributed by atoms with Gasteiger partial charge in [0.2, 0.25) is 5.91 Å². The van der Waals surface area contributed by atoms with E-state index in [2.05, 4.69) is 26.0 Å². The third-order valence-electron chi connectivity index (χ3n) is 5.49. The number of amides is 1. The second-order valence-electron chi connectivity index (χ2n) is 8.16. The molecule has 0 aliphatic heterocycles. The normalized spacial score (nSPS) is 12.1. The van der Waals surface area contributed by atoms with Crippen LogP contribution in [0.15, 0.2) is 30.3 Å². The Labute approximate surface area is 174 Å². The van der Waals surface area contributed by atoms with Crippen LogP contribution in [-0.4, -0.2) is 29.9 Å². The summed E-state index contributed by atoms with van der Waals surface area (Å²) in [5, 5.41) is 0. The number of benzene rings is 1. The van der Waals surface area contributed by atoms with E-state index in [1.165, 1.54) is 64.2 Å². The van der Waals surface area contributed by atoms with Crippen molar-refractivity contribution in [2.24, 2.45) is 5.73 Å². The minimum absolute atomic E-state index is 0.131. The predicted molar refractivity (Wildman–Crippen MR) is 121 cm³/mol. The third-order valence-corrected chi connectivity index (χ3v) is 5.49. The molecule has 0 bridgehead atoms. The lowest BCUT2D eigenvalue weighted by molar-refractivity contribution is -0.132. The van der Waals surface area contributed by atoms with Crippen molar-refractivity contribution in [1.29, 1.82) is 0 Å². The maximum Gasteiger partial charge on any atom is 0.239 e. The summed E-state index contributed by atoms with van der Waals surface area (Å²) >= 11 is 0. The lowest BCUT2D eigenvalue weighted by atomic mass is 10.0. The zero-order chi connectivity index (χ0) is 20.5. The SMILES string of the molecule is CCCCCCCCN(CCCCCCCC)C(=O)[C@@H](N)Cc1ccccc1. The highest BCUT2D eigenvalue weighted by atomic mass is 16.2. The van der Waals surface area contributed by atoms with Crippen LogP contribution in [0.3, 0.4) is 0 Å². The zero-order valence-electron chi connectivity index (χ0n) is 18.5. The van der Waals surface area contributed by atoms with Crippen molar-refractivity contribution >= 4 is 5.91 Å². The number of hydrogen-bond acceptors (Lipinski definition) is 2. The monoisotopic (exact) mass is 388 g/mol. The predicted octanol–water partition coefficient (Wildman–Crippen LogP) is 6.11. The van der Waals surface area contributed by atoms with Gasteiger partial charge in [-0.1, -0.05) is 108 Å². The maximum atomic E-state index is 13.0. The van der Waals surface area contributed by atoms with Crippen molar-refractivity contribution in [3.05, 3.63) is 35.9 Å². The number of hydrogen-bond donors (Lipinski definition) is 1. The van der Waals surface area contributed by atoms with Crippen molar-refractivity contribution in [3.63, 3.8) is 0 Å². The molecule has 0 unspecified atom stereocenters. The summed E-state index contributed by atoms with van der Waals surface area (Å²) in [7, 11) is 0. The quantitative estimate of drug-likeness (QED) is 0.327. The molecule has 3 nitrogen and oxygen atoms in total. The molecule has 1 aromatic carbocycles. The first-order chi connectivity index (χ1) is 13.7. The Balaban J connectivity index is 2.45. The molecule has 0 saturated heterocycles. The average molecular weight is 389 g/mol. The van der Waals surface area contributed by atoms with E-state index in [-0.39, 0.29) is 5.91 Å². The standard InChI is InChI=1S/C25H44N2O/c1-3-5-7-9-11-16-20-27(21-17-12-10-8-6-4-2)25(28)24(26)22-23-18-14-13-15-19-23/h13-15,18-19,24H,3-12,16-17,20-22,26H2,1-2H3/t24-/m0/s1. The van der Waals surface area contributed by atoms with Crippen LogP contribution < -0.4 is 5.73 Å². The van der Waals surface area contributed by atoms with Gasteiger partial charge in [-0.25, -0.2) is 0 Å². The molecule has 3 heteroatoms. The summed E-state index contributed by atoms with van der Waals surface area (Å²) in [6, 6.07) is 9.70. The van der Waals surface area contributed by atoms with Crippen LogP contribution in [0.25, 0.3) is 0 Å². The molecule has 0 aromatic heterocycles. The summed E-state index contributed by atoms with van der Waals surface area (Å²) < 4.78 is 0. The van der Waals surface area contributed by atoms with Crippen molar-refractivity contribution in [2.75, 3.05) is 13.1 Å². The lowest BCUT2D eigenvalue weighted by Gasteiger charge is -2.26. The molecule has 1 rings (SSSR count). The molecule has 0 aliphatic rings. The van der Waals surface area contributed by atoms with Crippen LogP contribution in [0.5, 0.6) is 0 Å². The molecule has 1 atom stereocenters. The second kappa shape index (κ2) is 16.6. The number of carbonyl (C=O) groups is 1. The van der Waals surface area contributed by atoms with Crippen LogP contribution in [0.4, 0.5) is 0 Å². The highest BCUT2D eigenvalue weighted by Gasteiger charge is 2.20. The van der Waals surface area contributed by atoms with Crippen molar-refractivity contribution < 1.29 is 4.79 Å². The van der Waals surface area contributed by atoms with Crippen LogP contribution >= 0.6 is 0 Å². The molecule has 160 valence electrons. The molecule has 0 radical (unpaired) electrons. The van der Waals surface area contributed by atoms with Crippen molar-refractivity contribution in [1.82, 2.24) is 4.90 Å². The number of rotatable bonds is 17. The van der Waals surface area contributed by atoms with Crippen molar-refractivity contribution in [3.8, 4) is 0 Å². The molecule has 0 fully saturated rings. The Morgan fingerprint density at radius 1 is 0.786 bits per heavy atom. The van der Waals surface area contributed by atoms with Gasteiger partial charge in [0, 0.05) is 13.1 Å². The molecular formula is C25H44N2O. The summed E-state index contributed by atoms with van der Waals surface area (Å²) in [4.78, 5) is 15.0. The molecule has 1 amide bonds. The molecule has 28 heavy (non-hydrogen) atoms. The molecule has 0 saturated carbocycles. The number of carbonyl (C=O) groups excluding carboxylic acids is 1. The van der Waals surface area contributed by atoms with Gasteiger partial charge in [0.25, 0.3) is 0 Å². The van der Waals surface area contributed by atoms with Crippen LogP contribution in [-0.2, 0) is 11.2 Å². The van der Waals surface area contributed by atoms with E-state index in [9.17, 15) is 4.79 Å². The topological polar surface area (TPSA) is 46.3 Å². The molecule has 1 aromatic rings. The summed E-state index contributed by atoms with van der Waals surface area (Å²) in [5.41, 5.74) is 7.44. The van der Waals surface area contributed by atoms with E-state index in [4.69, 9.17) is 5.73 Å². The lowest BCUT2D eigenvalue weighted by Crippen LogP contribution is -2.45. The van der Waals surface area contributed by atoms with E-state index in [1.807, 2.05) is 23.1 Å². The number of nitrogens with zero attached hydrogens (tertiary/aromatic N) is 1. The molecule has 0 spiro atoms. The minimum atomic E-state index is -0.428. The van der Waals surface area contributed by atoms with Crippen molar-refractivity contribution in [2.45, 2.75) is 103 Å². The van der Waals surface area contributed by atoms with Gasteiger partial charge in [-0.3, -0.25) is 4.79 Å². The maximum absolute atomic E-state index is 13.0. The Bertz CT molecular complexity index is 473. The van der Waals surface area contributed by atoms with E-state index in [0.29, 0.717) is 6.42 Å². The third kappa shape index (κ3) is 11.5. The largest absolute Gasteiger partial charge is 0.341 e.